The van der Waals surface area contributed by atoms with Gasteiger partial charge in [-0.2, -0.15) is 0 Å². The molecule has 136 valence electrons. The Labute approximate surface area is 148 Å². The quantitative estimate of drug-likeness (QED) is 0.818. The number of likely N-dealkylation sites (tertiary alicyclic amines) is 1. The number of aryl methyl sites for hydroxylation is 1. The third-order valence-electron chi connectivity index (χ3n) is 4.24. The highest BCUT2D eigenvalue weighted by Crippen LogP contribution is 2.14. The molecule has 1 atom stereocenters. The highest BCUT2D eigenvalue weighted by Gasteiger charge is 2.29. The summed E-state index contributed by atoms with van der Waals surface area (Å²) in [5.74, 6) is 0.142. The number of nitrogens with one attached hydrogen (secondary N) is 2. The molecule has 0 bridgehead atoms. The van der Waals surface area contributed by atoms with E-state index >= 15 is 0 Å². The maximum Gasteiger partial charge on any atom is 0.319 e. The minimum Gasteiger partial charge on any atom is -0.349 e. The molecule has 0 aliphatic carbocycles. The molecule has 25 heavy (non-hydrogen) atoms. The number of urea groups is 1. The Hall–Kier alpha value is -2.57. The van der Waals surface area contributed by atoms with E-state index in [1.165, 1.54) is 0 Å². The van der Waals surface area contributed by atoms with Crippen molar-refractivity contribution < 1.29 is 14.4 Å². The SMILES string of the molecule is CCN1C[C@@H](NC(=O)Nc2cccc(CCC(=O)N(C)C)c2)CC1=O. The van der Waals surface area contributed by atoms with E-state index in [0.717, 1.165) is 5.56 Å². The van der Waals surface area contributed by atoms with E-state index in [-0.39, 0.29) is 23.9 Å². The number of carbonyl (C=O) groups is 3. The summed E-state index contributed by atoms with van der Waals surface area (Å²) >= 11 is 0. The summed E-state index contributed by atoms with van der Waals surface area (Å²) in [6, 6.07) is 6.96. The monoisotopic (exact) mass is 346 g/mol. The zero-order valence-electron chi connectivity index (χ0n) is 15.0. The third kappa shape index (κ3) is 5.48. The molecular formula is C18H26N4O3. The van der Waals surface area contributed by atoms with Crippen molar-refractivity contribution in [2.45, 2.75) is 32.2 Å². The first kappa shape index (κ1) is 18.8. The first-order chi connectivity index (χ1) is 11.9. The molecule has 1 aromatic rings. The molecule has 0 unspecified atom stereocenters. The van der Waals surface area contributed by atoms with Crippen LogP contribution in [0.5, 0.6) is 0 Å². The molecule has 1 aromatic carbocycles. The molecule has 1 aliphatic heterocycles. The van der Waals surface area contributed by atoms with Crippen molar-refractivity contribution in [3.63, 3.8) is 0 Å². The van der Waals surface area contributed by atoms with Crippen LogP contribution in [0.15, 0.2) is 24.3 Å². The molecule has 0 spiro atoms. The largest absolute Gasteiger partial charge is 0.349 e. The molecule has 0 aromatic heterocycles. The fourth-order valence-corrected chi connectivity index (χ4v) is 2.81. The lowest BCUT2D eigenvalue weighted by atomic mass is 10.1. The van der Waals surface area contributed by atoms with Crippen LogP contribution >= 0.6 is 0 Å². The van der Waals surface area contributed by atoms with Gasteiger partial charge in [-0.15, -0.1) is 0 Å². The molecule has 2 N–H and O–H groups in total. The molecule has 0 radical (unpaired) electrons. The van der Waals surface area contributed by atoms with E-state index in [2.05, 4.69) is 10.6 Å². The number of hydrogen-bond acceptors (Lipinski definition) is 3. The van der Waals surface area contributed by atoms with Crippen LogP contribution in [0.4, 0.5) is 10.5 Å². The number of likely N-dealkylation sites (N-methyl/N-ethyl adjacent to an activating group) is 1. The van der Waals surface area contributed by atoms with Crippen LogP contribution in [0.1, 0.15) is 25.3 Å². The number of carbonyl (C=O) groups excluding carboxylic acids is 3. The van der Waals surface area contributed by atoms with Crippen LogP contribution in [0.2, 0.25) is 0 Å². The molecule has 1 fully saturated rings. The predicted molar refractivity (Wildman–Crippen MR) is 96.3 cm³/mol. The lowest BCUT2D eigenvalue weighted by Crippen LogP contribution is -2.39. The van der Waals surface area contributed by atoms with Crippen molar-refractivity contribution in [3.05, 3.63) is 29.8 Å². The number of amides is 4. The van der Waals surface area contributed by atoms with Gasteiger partial charge in [0.2, 0.25) is 11.8 Å². The first-order valence-electron chi connectivity index (χ1n) is 8.53. The minimum absolute atomic E-state index is 0.0698. The zero-order valence-corrected chi connectivity index (χ0v) is 15.0. The van der Waals surface area contributed by atoms with Gasteiger partial charge in [0.25, 0.3) is 0 Å². The number of hydrogen-bond donors (Lipinski definition) is 2. The van der Waals surface area contributed by atoms with Crippen LogP contribution in [0.3, 0.4) is 0 Å². The van der Waals surface area contributed by atoms with Gasteiger partial charge < -0.3 is 20.4 Å². The molecule has 7 heteroatoms. The summed E-state index contributed by atoms with van der Waals surface area (Å²) in [5.41, 5.74) is 1.66. The van der Waals surface area contributed by atoms with E-state index < -0.39 is 0 Å². The number of anilines is 1. The Morgan fingerprint density at radius 1 is 1.32 bits per heavy atom. The Bertz CT molecular complexity index is 645. The second-order valence-corrected chi connectivity index (χ2v) is 6.42. The number of rotatable bonds is 6. The Morgan fingerprint density at radius 2 is 2.08 bits per heavy atom. The standard InChI is InChI=1S/C18H26N4O3/c1-4-22-12-15(11-17(22)24)20-18(25)19-14-7-5-6-13(10-14)8-9-16(23)21(2)3/h5-7,10,15H,4,8-9,11-12H2,1-3H3,(H2,19,20,25)/t15-/m0/s1. The number of benzene rings is 1. The van der Waals surface area contributed by atoms with E-state index in [4.69, 9.17) is 0 Å². The highest BCUT2D eigenvalue weighted by molar-refractivity contribution is 5.90. The van der Waals surface area contributed by atoms with Crippen LogP contribution < -0.4 is 10.6 Å². The summed E-state index contributed by atoms with van der Waals surface area (Å²) < 4.78 is 0. The van der Waals surface area contributed by atoms with Crippen molar-refractivity contribution in [1.29, 1.82) is 0 Å². The van der Waals surface area contributed by atoms with Gasteiger partial charge in [0.15, 0.2) is 0 Å². The molecule has 4 amide bonds. The molecule has 7 nitrogen and oxygen atoms in total. The van der Waals surface area contributed by atoms with Gasteiger partial charge in [0.1, 0.15) is 0 Å². The minimum atomic E-state index is -0.322. The summed E-state index contributed by atoms with van der Waals surface area (Å²) in [5, 5.41) is 5.63. The van der Waals surface area contributed by atoms with E-state index in [9.17, 15) is 14.4 Å². The fraction of sp³-hybridized carbons (Fsp3) is 0.500. The van der Waals surface area contributed by atoms with E-state index in [1.54, 1.807) is 30.0 Å². The van der Waals surface area contributed by atoms with E-state index in [1.807, 2.05) is 25.1 Å². The normalized spacial score (nSPS) is 16.7. The van der Waals surface area contributed by atoms with Crippen LogP contribution in [0.25, 0.3) is 0 Å². The predicted octanol–water partition coefficient (Wildman–Crippen LogP) is 1.45. The van der Waals surface area contributed by atoms with Crippen molar-refractivity contribution >= 4 is 23.5 Å². The van der Waals surface area contributed by atoms with Gasteiger partial charge in [-0.1, -0.05) is 12.1 Å². The maximum absolute atomic E-state index is 12.1. The summed E-state index contributed by atoms with van der Waals surface area (Å²) in [4.78, 5) is 38.8. The Balaban J connectivity index is 1.86. The smallest absolute Gasteiger partial charge is 0.319 e. The van der Waals surface area contributed by atoms with Gasteiger partial charge in [0, 0.05) is 45.7 Å². The molecule has 1 saturated heterocycles. The summed E-state index contributed by atoms with van der Waals surface area (Å²) in [7, 11) is 3.47. The van der Waals surface area contributed by atoms with Gasteiger partial charge in [0.05, 0.1) is 6.04 Å². The van der Waals surface area contributed by atoms with Gasteiger partial charge in [-0.25, -0.2) is 4.79 Å². The lowest BCUT2D eigenvalue weighted by molar-refractivity contribution is -0.129. The van der Waals surface area contributed by atoms with E-state index in [0.29, 0.717) is 38.0 Å². The van der Waals surface area contributed by atoms with Gasteiger partial charge in [-0.05, 0) is 31.0 Å². The van der Waals surface area contributed by atoms with Gasteiger partial charge >= 0.3 is 6.03 Å². The highest BCUT2D eigenvalue weighted by atomic mass is 16.2. The Morgan fingerprint density at radius 3 is 2.72 bits per heavy atom. The second-order valence-electron chi connectivity index (χ2n) is 6.42. The van der Waals surface area contributed by atoms with Crippen molar-refractivity contribution in [1.82, 2.24) is 15.1 Å². The first-order valence-corrected chi connectivity index (χ1v) is 8.53. The molecule has 1 aliphatic rings. The molecule has 1 heterocycles. The average molecular weight is 346 g/mol. The lowest BCUT2D eigenvalue weighted by Gasteiger charge is -2.15. The molecule has 0 saturated carbocycles. The second kappa shape index (κ2) is 8.50. The topological polar surface area (TPSA) is 81.8 Å². The molecular weight excluding hydrogens is 320 g/mol. The average Bonchev–Trinajstić information content (AvgIpc) is 2.92. The van der Waals surface area contributed by atoms with Crippen molar-refractivity contribution in [2.24, 2.45) is 0 Å². The Kier molecular flexibility index (Phi) is 6.38. The van der Waals surface area contributed by atoms with Gasteiger partial charge in [-0.3, -0.25) is 9.59 Å². The van der Waals surface area contributed by atoms with Crippen molar-refractivity contribution in [2.75, 3.05) is 32.5 Å². The van der Waals surface area contributed by atoms with Crippen LogP contribution in [0, 0.1) is 0 Å². The van der Waals surface area contributed by atoms with Crippen molar-refractivity contribution in [3.8, 4) is 0 Å². The maximum atomic E-state index is 12.1. The van der Waals surface area contributed by atoms with Crippen LogP contribution in [-0.4, -0.2) is 60.9 Å². The molecule has 2 rings (SSSR count). The zero-order chi connectivity index (χ0) is 18.4. The number of nitrogens with zero attached hydrogens (tertiary/aromatic N) is 2. The summed E-state index contributed by atoms with van der Waals surface area (Å²) in [6.07, 6.45) is 1.39. The summed E-state index contributed by atoms with van der Waals surface area (Å²) in [6.45, 7) is 3.13. The third-order valence-corrected chi connectivity index (χ3v) is 4.24. The fourth-order valence-electron chi connectivity index (χ4n) is 2.81. The van der Waals surface area contributed by atoms with Crippen LogP contribution in [-0.2, 0) is 16.0 Å².